The quantitative estimate of drug-likeness (QED) is 0.235. The molecular weight excluding hydrogens is 514 g/mol. The number of carbonyl (C=O) groups is 1. The maximum atomic E-state index is 13.1. The number of benzene rings is 2. The molecular formula is C29H36ClN7O2. The first kappa shape index (κ1) is 28.4. The van der Waals surface area contributed by atoms with Crippen LogP contribution in [0.5, 0.6) is 0 Å². The summed E-state index contributed by atoms with van der Waals surface area (Å²) < 4.78 is 2.01. The maximum Gasteiger partial charge on any atom is 0.243 e. The van der Waals surface area contributed by atoms with E-state index in [1.165, 1.54) is 4.79 Å². The average molecular weight is 550 g/mol. The summed E-state index contributed by atoms with van der Waals surface area (Å²) in [4.78, 5) is 19.0. The topological polar surface area (TPSA) is 111 Å². The number of aliphatic hydroxyl groups is 1. The van der Waals surface area contributed by atoms with Crippen LogP contribution >= 0.6 is 11.6 Å². The molecule has 2 aromatic heterocycles. The monoisotopic (exact) mass is 549 g/mol. The molecule has 2 heterocycles. The predicted molar refractivity (Wildman–Crippen MR) is 151 cm³/mol. The first-order chi connectivity index (χ1) is 19.0. The van der Waals surface area contributed by atoms with Gasteiger partial charge in [0.15, 0.2) is 11.0 Å². The Labute approximate surface area is 234 Å². The Morgan fingerprint density at radius 1 is 1.00 bits per heavy atom. The van der Waals surface area contributed by atoms with Crippen molar-refractivity contribution in [3.05, 3.63) is 93.8 Å². The second-order valence-corrected chi connectivity index (χ2v) is 10.1. The number of nitrogens with zero attached hydrogens (tertiary/aromatic N) is 6. The number of imidazole rings is 1. The predicted octanol–water partition coefficient (Wildman–Crippen LogP) is 4.73. The Kier molecular flexibility index (Phi) is 10.2. The molecule has 0 bridgehead atoms. The van der Waals surface area contributed by atoms with Gasteiger partial charge in [0.1, 0.15) is 5.82 Å². The van der Waals surface area contributed by atoms with E-state index in [1.807, 2.05) is 59.2 Å². The Hall–Kier alpha value is -3.56. The second-order valence-electron chi connectivity index (χ2n) is 9.76. The van der Waals surface area contributed by atoms with Crippen LogP contribution in [0.2, 0.25) is 5.15 Å². The van der Waals surface area contributed by atoms with E-state index in [2.05, 4.69) is 39.8 Å². The third-order valence-corrected chi connectivity index (χ3v) is 7.12. The number of hydrogen-bond acceptors (Lipinski definition) is 6. The fourth-order valence-electron chi connectivity index (χ4n) is 4.67. The molecule has 1 amide bonds. The van der Waals surface area contributed by atoms with Crippen LogP contribution in [0.3, 0.4) is 0 Å². The number of aliphatic hydroxyl groups excluding tert-OH is 1. The van der Waals surface area contributed by atoms with E-state index in [0.717, 1.165) is 54.6 Å². The molecule has 0 spiro atoms. The standard InChI is InChI=1S/C29H36ClN7O2/c1-3-5-12-26-31-28(30)25(20-38)36(26)19-23-15-13-22(14-16-23)18-27-32-34-35-37(27)33-29(39)24(9-4-2)17-21-10-7-6-8-11-21/h6-8,10-11,13-16,24,38H,3-5,9,12,17-20H2,1-2H3,(H,33,39). The van der Waals surface area contributed by atoms with Crippen LogP contribution in [-0.4, -0.2) is 40.9 Å². The van der Waals surface area contributed by atoms with Crippen molar-refractivity contribution in [1.29, 1.82) is 0 Å². The zero-order valence-electron chi connectivity index (χ0n) is 22.6. The van der Waals surface area contributed by atoms with Crippen molar-refractivity contribution in [3.63, 3.8) is 0 Å². The fraction of sp³-hybridized carbons (Fsp3) is 0.414. The number of carbonyl (C=O) groups excluding carboxylic acids is 1. The summed E-state index contributed by atoms with van der Waals surface area (Å²) in [7, 11) is 0. The van der Waals surface area contributed by atoms with Crippen LogP contribution < -0.4 is 5.43 Å². The van der Waals surface area contributed by atoms with E-state index >= 15 is 0 Å². The van der Waals surface area contributed by atoms with E-state index in [-0.39, 0.29) is 18.4 Å². The van der Waals surface area contributed by atoms with Gasteiger partial charge in [-0.25, -0.2) is 10.4 Å². The molecule has 39 heavy (non-hydrogen) atoms. The number of hydrogen-bond donors (Lipinski definition) is 2. The van der Waals surface area contributed by atoms with Gasteiger partial charge in [-0.2, -0.15) is 0 Å². The van der Waals surface area contributed by atoms with E-state index in [4.69, 9.17) is 11.6 Å². The van der Waals surface area contributed by atoms with Crippen molar-refractivity contribution in [2.24, 2.45) is 5.92 Å². The molecule has 0 saturated carbocycles. The number of tetrazole rings is 1. The highest BCUT2D eigenvalue weighted by Gasteiger charge is 2.21. The Balaban J connectivity index is 1.42. The van der Waals surface area contributed by atoms with Gasteiger partial charge in [0.05, 0.1) is 12.3 Å². The lowest BCUT2D eigenvalue weighted by molar-refractivity contribution is -0.121. The highest BCUT2D eigenvalue weighted by molar-refractivity contribution is 6.30. The number of halogens is 1. The van der Waals surface area contributed by atoms with Crippen molar-refractivity contribution in [2.75, 3.05) is 5.43 Å². The third kappa shape index (κ3) is 7.52. The minimum absolute atomic E-state index is 0.0952. The average Bonchev–Trinajstić information content (AvgIpc) is 3.50. The number of aromatic nitrogens is 6. The highest BCUT2D eigenvalue weighted by Crippen LogP contribution is 2.21. The Bertz CT molecular complexity index is 1340. The van der Waals surface area contributed by atoms with Gasteiger partial charge >= 0.3 is 0 Å². The van der Waals surface area contributed by atoms with Crippen molar-refractivity contribution in [2.45, 2.75) is 71.9 Å². The Morgan fingerprint density at radius 3 is 2.44 bits per heavy atom. The molecule has 0 aliphatic heterocycles. The molecule has 0 fully saturated rings. The maximum absolute atomic E-state index is 13.1. The Morgan fingerprint density at radius 2 is 1.74 bits per heavy atom. The lowest BCUT2D eigenvalue weighted by Gasteiger charge is -2.16. The summed E-state index contributed by atoms with van der Waals surface area (Å²) in [6.45, 7) is 4.63. The van der Waals surface area contributed by atoms with Gasteiger partial charge in [-0.05, 0) is 46.4 Å². The minimum atomic E-state index is -0.170. The number of amides is 1. The van der Waals surface area contributed by atoms with E-state index in [1.54, 1.807) is 0 Å². The summed E-state index contributed by atoms with van der Waals surface area (Å²) in [5, 5.41) is 22.1. The van der Waals surface area contributed by atoms with Crippen LogP contribution in [-0.2, 0) is 37.2 Å². The van der Waals surface area contributed by atoms with Crippen LogP contribution in [0.15, 0.2) is 54.6 Å². The molecule has 1 atom stereocenters. The first-order valence-electron chi connectivity index (χ1n) is 13.6. The molecule has 4 rings (SSSR count). The van der Waals surface area contributed by atoms with Gasteiger partial charge in [-0.1, -0.05) is 92.9 Å². The van der Waals surface area contributed by atoms with E-state index < -0.39 is 0 Å². The van der Waals surface area contributed by atoms with Gasteiger partial charge in [-0.15, -0.1) is 9.89 Å². The zero-order chi connectivity index (χ0) is 27.6. The molecule has 10 heteroatoms. The summed E-state index contributed by atoms with van der Waals surface area (Å²) in [6, 6.07) is 18.2. The SMILES string of the molecule is CCCCc1nc(Cl)c(CO)n1Cc1ccc(Cc2nnnn2NC(=O)C(CCC)Cc2ccccc2)cc1. The van der Waals surface area contributed by atoms with Crippen LogP contribution in [0.1, 0.15) is 73.6 Å². The molecule has 206 valence electrons. The van der Waals surface area contributed by atoms with Crippen LogP contribution in [0, 0.1) is 5.92 Å². The molecule has 0 aliphatic carbocycles. The third-order valence-electron chi connectivity index (χ3n) is 6.82. The van der Waals surface area contributed by atoms with Gasteiger partial charge in [0, 0.05) is 25.3 Å². The first-order valence-corrected chi connectivity index (χ1v) is 13.9. The van der Waals surface area contributed by atoms with Crippen LogP contribution in [0.25, 0.3) is 0 Å². The zero-order valence-corrected chi connectivity index (χ0v) is 23.3. The second kappa shape index (κ2) is 14.0. The molecule has 0 aliphatic rings. The highest BCUT2D eigenvalue weighted by atomic mass is 35.5. The molecule has 4 aromatic rings. The number of unbranched alkanes of at least 4 members (excludes halogenated alkanes) is 1. The summed E-state index contributed by atoms with van der Waals surface area (Å²) in [5.41, 5.74) is 6.73. The fourth-order valence-corrected chi connectivity index (χ4v) is 4.93. The molecule has 9 nitrogen and oxygen atoms in total. The molecule has 0 saturated heterocycles. The lowest BCUT2D eigenvalue weighted by atomic mass is 9.94. The smallest absolute Gasteiger partial charge is 0.243 e. The largest absolute Gasteiger partial charge is 0.390 e. The number of aryl methyl sites for hydroxylation is 1. The van der Waals surface area contributed by atoms with Gasteiger partial charge in [0.2, 0.25) is 5.91 Å². The van der Waals surface area contributed by atoms with Crippen molar-refractivity contribution >= 4 is 17.5 Å². The normalized spacial score (nSPS) is 12.0. The number of rotatable bonds is 14. The van der Waals surface area contributed by atoms with Crippen molar-refractivity contribution < 1.29 is 9.90 Å². The molecule has 1 unspecified atom stereocenters. The summed E-state index contributed by atoms with van der Waals surface area (Å²) in [5.74, 6) is 1.18. The van der Waals surface area contributed by atoms with E-state index in [0.29, 0.717) is 36.1 Å². The molecule has 0 radical (unpaired) electrons. The lowest BCUT2D eigenvalue weighted by Crippen LogP contribution is -2.32. The summed E-state index contributed by atoms with van der Waals surface area (Å²) in [6.07, 6.45) is 5.69. The van der Waals surface area contributed by atoms with Gasteiger partial charge < -0.3 is 9.67 Å². The van der Waals surface area contributed by atoms with Crippen molar-refractivity contribution in [3.8, 4) is 0 Å². The van der Waals surface area contributed by atoms with Crippen molar-refractivity contribution in [1.82, 2.24) is 29.9 Å². The number of nitrogens with one attached hydrogen (secondary N) is 1. The van der Waals surface area contributed by atoms with E-state index in [9.17, 15) is 9.90 Å². The minimum Gasteiger partial charge on any atom is -0.390 e. The summed E-state index contributed by atoms with van der Waals surface area (Å²) >= 11 is 6.29. The molecule has 2 N–H and O–H groups in total. The van der Waals surface area contributed by atoms with Gasteiger partial charge in [0.25, 0.3) is 0 Å². The molecule has 2 aromatic carbocycles. The van der Waals surface area contributed by atoms with Gasteiger partial charge in [-0.3, -0.25) is 4.79 Å². The van der Waals surface area contributed by atoms with Crippen LogP contribution in [0.4, 0.5) is 0 Å².